The van der Waals surface area contributed by atoms with Crippen LogP contribution in [-0.2, 0) is 30.8 Å². The van der Waals surface area contributed by atoms with E-state index in [0.717, 1.165) is 11.1 Å². The first kappa shape index (κ1) is 31.7. The van der Waals surface area contributed by atoms with Gasteiger partial charge in [-0.25, -0.2) is 8.78 Å². The lowest BCUT2D eigenvalue weighted by atomic mass is 9.62. The highest BCUT2D eigenvalue weighted by molar-refractivity contribution is 6.38. The van der Waals surface area contributed by atoms with E-state index in [9.17, 15) is 19.5 Å². The molecule has 0 aromatic heterocycles. The summed E-state index contributed by atoms with van der Waals surface area (Å²) in [5.74, 6) is -7.63. The van der Waals surface area contributed by atoms with Gasteiger partial charge < -0.3 is 15.3 Å². The van der Waals surface area contributed by atoms with Crippen LogP contribution in [0.2, 0.25) is 10.0 Å². The number of benzene rings is 2. The van der Waals surface area contributed by atoms with Gasteiger partial charge >= 0.3 is 5.97 Å². The zero-order valence-corrected chi connectivity index (χ0v) is 26.8. The molecule has 232 valence electrons. The van der Waals surface area contributed by atoms with Gasteiger partial charge in [-0.05, 0) is 35.6 Å². The van der Waals surface area contributed by atoms with Gasteiger partial charge in [-0.3, -0.25) is 19.3 Å². The van der Waals surface area contributed by atoms with Crippen LogP contribution < -0.4 is 5.32 Å². The van der Waals surface area contributed by atoms with Crippen LogP contribution in [0, 0.1) is 11.3 Å². The number of likely N-dealkylation sites (N-methyl/N-ethyl adjacent to an activating group) is 1. The van der Waals surface area contributed by atoms with E-state index in [-0.39, 0.29) is 33.3 Å². The number of rotatable bonds is 5. The average molecular weight is 637 g/mol. The van der Waals surface area contributed by atoms with E-state index in [4.69, 9.17) is 23.2 Å². The van der Waals surface area contributed by atoms with Gasteiger partial charge in [0.1, 0.15) is 11.0 Å². The van der Waals surface area contributed by atoms with E-state index in [2.05, 4.69) is 32.2 Å². The van der Waals surface area contributed by atoms with Crippen molar-refractivity contribution in [3.63, 3.8) is 0 Å². The highest BCUT2D eigenvalue weighted by atomic mass is 35.5. The van der Waals surface area contributed by atoms with Crippen LogP contribution in [0.1, 0.15) is 64.7 Å². The van der Waals surface area contributed by atoms with Crippen LogP contribution in [0.3, 0.4) is 0 Å². The van der Waals surface area contributed by atoms with E-state index >= 15 is 8.78 Å². The number of aliphatic carboxylic acids is 1. The van der Waals surface area contributed by atoms with Crippen molar-refractivity contribution in [2.75, 3.05) is 25.5 Å². The molecular formula is C32H37Cl2F2N3O4. The van der Waals surface area contributed by atoms with Gasteiger partial charge in [0.15, 0.2) is 0 Å². The van der Waals surface area contributed by atoms with Gasteiger partial charge in [-0.1, -0.05) is 82.1 Å². The minimum Gasteiger partial charge on any atom is -0.481 e. The second-order valence-corrected chi connectivity index (χ2v) is 15.0. The minimum atomic E-state index is -3.26. The smallest absolute Gasteiger partial charge is 0.313 e. The Morgan fingerprint density at radius 1 is 1.12 bits per heavy atom. The molecule has 3 aliphatic heterocycles. The normalized spacial score (nSPS) is 28.1. The van der Waals surface area contributed by atoms with Crippen molar-refractivity contribution in [1.29, 1.82) is 0 Å². The molecule has 4 atom stereocenters. The van der Waals surface area contributed by atoms with Crippen molar-refractivity contribution in [3.8, 4) is 0 Å². The van der Waals surface area contributed by atoms with Crippen LogP contribution in [0.15, 0.2) is 36.4 Å². The van der Waals surface area contributed by atoms with Crippen LogP contribution in [0.25, 0.3) is 0 Å². The third-order valence-electron chi connectivity index (χ3n) is 9.74. The number of nitrogens with one attached hydrogen (secondary N) is 1. The third-order valence-corrected chi connectivity index (χ3v) is 10.3. The average Bonchev–Trinajstić information content (AvgIpc) is 3.43. The minimum absolute atomic E-state index is 0.0501. The summed E-state index contributed by atoms with van der Waals surface area (Å²) in [6.45, 7) is 10.9. The molecule has 2 aromatic rings. The Hall–Kier alpha value is -2.75. The van der Waals surface area contributed by atoms with Gasteiger partial charge in [0.25, 0.3) is 11.8 Å². The van der Waals surface area contributed by atoms with Gasteiger partial charge in [-0.2, -0.15) is 0 Å². The molecule has 0 saturated carbocycles. The highest BCUT2D eigenvalue weighted by Crippen LogP contribution is 2.66. The van der Waals surface area contributed by atoms with Crippen molar-refractivity contribution in [3.05, 3.63) is 63.1 Å². The summed E-state index contributed by atoms with van der Waals surface area (Å²) in [4.78, 5) is 44.4. The molecule has 2 amide bonds. The third kappa shape index (κ3) is 4.56. The first-order chi connectivity index (χ1) is 19.7. The maximum Gasteiger partial charge on any atom is 0.313 e. The molecule has 3 heterocycles. The van der Waals surface area contributed by atoms with E-state index < -0.39 is 65.0 Å². The Bertz CT molecular complexity index is 1540. The Labute approximate surface area is 260 Å². The predicted molar refractivity (Wildman–Crippen MR) is 162 cm³/mol. The topological polar surface area (TPSA) is 90.0 Å². The molecule has 2 N–H and O–H groups in total. The van der Waals surface area contributed by atoms with Crippen molar-refractivity contribution in [2.45, 2.75) is 76.3 Å². The standard InChI is InChI=1S/C32H37Cl2F2N3O4/c1-28(2,3)17-9-8-10-18(11-17)29(4,5)15-38(7)25(40)23-22-14-31(35,36)16-39(22)32(30(23,6)27(42)43)20-12-19(33)13-21(34)24(20)37-26(32)41/h8-13,22-23H,14-16H2,1-7H3,(H,37,41)(H,42,43). The molecule has 0 radical (unpaired) electrons. The first-order valence-electron chi connectivity index (χ1n) is 14.2. The lowest BCUT2D eigenvalue weighted by Crippen LogP contribution is -2.60. The van der Waals surface area contributed by atoms with Gasteiger partial charge in [0.2, 0.25) is 5.91 Å². The molecule has 0 aliphatic carbocycles. The molecule has 5 rings (SSSR count). The number of hydrogen-bond donors (Lipinski definition) is 2. The van der Waals surface area contributed by atoms with E-state index in [0.29, 0.717) is 0 Å². The first-order valence-corrected chi connectivity index (χ1v) is 15.0. The molecule has 3 aliphatic rings. The van der Waals surface area contributed by atoms with Crippen molar-refractivity contribution in [2.24, 2.45) is 11.3 Å². The fourth-order valence-corrected chi connectivity index (χ4v) is 8.18. The number of anilines is 1. The summed E-state index contributed by atoms with van der Waals surface area (Å²) in [6.07, 6.45) is -0.768. The predicted octanol–water partition coefficient (Wildman–Crippen LogP) is 6.30. The van der Waals surface area contributed by atoms with Crippen LogP contribution in [0.4, 0.5) is 14.5 Å². The Balaban J connectivity index is 1.61. The summed E-state index contributed by atoms with van der Waals surface area (Å²) in [7, 11) is 1.55. The number of carboxylic acid groups (broad SMARTS) is 1. The van der Waals surface area contributed by atoms with Crippen LogP contribution >= 0.6 is 23.2 Å². The molecule has 11 heteroatoms. The second-order valence-electron chi connectivity index (χ2n) is 14.1. The molecule has 1 spiro atoms. The molecule has 0 bridgehead atoms. The van der Waals surface area contributed by atoms with Crippen molar-refractivity contribution < 1.29 is 28.3 Å². The highest BCUT2D eigenvalue weighted by Gasteiger charge is 2.80. The number of nitrogens with zero attached hydrogens (tertiary/aromatic N) is 2. The summed E-state index contributed by atoms with van der Waals surface area (Å²) in [5.41, 5.74) is -2.67. The number of carboxylic acids is 1. The molecular weight excluding hydrogens is 599 g/mol. The number of alkyl halides is 2. The molecule has 2 fully saturated rings. The molecule has 7 nitrogen and oxygen atoms in total. The summed E-state index contributed by atoms with van der Waals surface area (Å²) in [6, 6.07) is 9.63. The summed E-state index contributed by atoms with van der Waals surface area (Å²) >= 11 is 12.7. The molecule has 4 unspecified atom stereocenters. The fourth-order valence-electron chi connectivity index (χ4n) is 7.64. The van der Waals surface area contributed by atoms with Gasteiger partial charge in [0.05, 0.1) is 23.2 Å². The Morgan fingerprint density at radius 3 is 2.35 bits per heavy atom. The quantitative estimate of drug-likeness (QED) is 0.402. The number of halogens is 4. The number of fused-ring (bicyclic) bond motifs is 4. The Morgan fingerprint density at radius 2 is 1.74 bits per heavy atom. The maximum absolute atomic E-state index is 15.2. The molecule has 43 heavy (non-hydrogen) atoms. The van der Waals surface area contributed by atoms with E-state index in [1.165, 1.54) is 28.9 Å². The number of carbonyl (C=O) groups excluding carboxylic acids is 2. The monoisotopic (exact) mass is 635 g/mol. The number of amides is 2. The Kier molecular flexibility index (Phi) is 7.27. The summed E-state index contributed by atoms with van der Waals surface area (Å²) < 4.78 is 30.4. The van der Waals surface area contributed by atoms with E-state index in [1.807, 2.05) is 32.0 Å². The molecule has 2 saturated heterocycles. The lowest BCUT2D eigenvalue weighted by molar-refractivity contribution is -0.166. The van der Waals surface area contributed by atoms with Crippen molar-refractivity contribution >= 4 is 46.7 Å². The second kappa shape index (κ2) is 9.88. The number of hydrogen-bond acceptors (Lipinski definition) is 4. The van der Waals surface area contributed by atoms with Crippen molar-refractivity contribution in [1.82, 2.24) is 9.80 Å². The zero-order chi connectivity index (χ0) is 32.1. The number of carbonyl (C=O) groups is 3. The summed E-state index contributed by atoms with van der Waals surface area (Å²) in [5, 5.41) is 13.7. The molecule has 2 aromatic carbocycles. The van der Waals surface area contributed by atoms with Crippen LogP contribution in [0.5, 0.6) is 0 Å². The lowest BCUT2D eigenvalue weighted by Gasteiger charge is -2.43. The maximum atomic E-state index is 15.2. The fraction of sp³-hybridized carbons (Fsp3) is 0.531. The van der Waals surface area contributed by atoms with E-state index in [1.54, 1.807) is 7.05 Å². The van der Waals surface area contributed by atoms with Crippen LogP contribution in [-0.4, -0.2) is 64.8 Å². The largest absolute Gasteiger partial charge is 0.481 e. The SMILES string of the molecule is CN(CC(C)(C)c1cccc(C(C)(C)C)c1)C(=O)C1C2CC(F)(F)CN2C2(C(=O)Nc3c(Cl)cc(Cl)cc32)C1(C)C(=O)O. The van der Waals surface area contributed by atoms with Gasteiger partial charge in [0, 0.05) is 42.1 Å². The van der Waals surface area contributed by atoms with Gasteiger partial charge in [-0.15, -0.1) is 0 Å². The zero-order valence-electron chi connectivity index (χ0n) is 25.3.